The third-order valence-corrected chi connectivity index (χ3v) is 8.46. The van der Waals surface area contributed by atoms with Crippen LogP contribution in [0.1, 0.15) is 48.1 Å². The van der Waals surface area contributed by atoms with Crippen molar-refractivity contribution in [2.75, 3.05) is 31.1 Å². The number of halogens is 1. The summed E-state index contributed by atoms with van der Waals surface area (Å²) in [4.78, 5) is 25.7. The molecule has 4 heterocycles. The number of anilines is 1. The molecule has 2 aliphatic heterocycles. The molecule has 2 aromatic heterocycles. The highest BCUT2D eigenvalue weighted by atomic mass is 19.1. The molecule has 0 spiro atoms. The minimum Gasteiger partial charge on any atom is -0.493 e. The largest absolute Gasteiger partial charge is 0.493 e. The summed E-state index contributed by atoms with van der Waals surface area (Å²) in [6.45, 7) is 5.77. The van der Waals surface area contributed by atoms with E-state index in [4.69, 9.17) is 4.74 Å². The second-order valence-electron chi connectivity index (χ2n) is 11.1. The Hall–Kier alpha value is -3.49. The highest BCUT2D eigenvalue weighted by Gasteiger charge is 2.43. The molecule has 0 radical (unpaired) electrons. The maximum Gasteiger partial charge on any atom is 0.227 e. The first-order valence-electron chi connectivity index (χ1n) is 13.8. The molecule has 2 atom stereocenters. The zero-order valence-corrected chi connectivity index (χ0v) is 21.9. The Morgan fingerprint density at radius 3 is 2.76 bits per heavy atom. The second-order valence-corrected chi connectivity index (χ2v) is 11.1. The lowest BCUT2D eigenvalue weighted by Crippen LogP contribution is -2.36. The van der Waals surface area contributed by atoms with Gasteiger partial charge in [0.05, 0.1) is 31.5 Å². The lowest BCUT2D eigenvalue weighted by molar-refractivity contribution is -0.131. The molecular weight excluding hydrogens is 483 g/mol. The minimum absolute atomic E-state index is 0.0498. The summed E-state index contributed by atoms with van der Waals surface area (Å²) in [6, 6.07) is 4.88. The molecular formula is C29H35FN6O2. The van der Waals surface area contributed by atoms with Crippen LogP contribution >= 0.6 is 0 Å². The Morgan fingerprint density at radius 1 is 1.16 bits per heavy atom. The van der Waals surface area contributed by atoms with Gasteiger partial charge < -0.3 is 14.5 Å². The van der Waals surface area contributed by atoms with E-state index in [0.717, 1.165) is 60.5 Å². The van der Waals surface area contributed by atoms with Crippen molar-refractivity contribution in [3.8, 4) is 5.75 Å². The summed E-state index contributed by atoms with van der Waals surface area (Å²) in [5.74, 6) is 3.15. The van der Waals surface area contributed by atoms with Gasteiger partial charge in [0.25, 0.3) is 0 Å². The fourth-order valence-corrected chi connectivity index (χ4v) is 6.05. The summed E-state index contributed by atoms with van der Waals surface area (Å²) >= 11 is 0. The zero-order chi connectivity index (χ0) is 26.1. The lowest BCUT2D eigenvalue weighted by Gasteiger charge is -2.32. The van der Waals surface area contributed by atoms with E-state index < -0.39 is 0 Å². The quantitative estimate of drug-likeness (QED) is 0.483. The van der Waals surface area contributed by atoms with Gasteiger partial charge in [-0.05, 0) is 79.5 Å². The van der Waals surface area contributed by atoms with Crippen LogP contribution in [0, 0.1) is 30.5 Å². The Balaban J connectivity index is 0.921. The molecule has 1 aliphatic carbocycles. The van der Waals surface area contributed by atoms with Gasteiger partial charge >= 0.3 is 0 Å². The first-order valence-corrected chi connectivity index (χ1v) is 13.8. The molecule has 1 amide bonds. The highest BCUT2D eigenvalue weighted by molar-refractivity contribution is 5.79. The number of carbonyl (C=O) groups excluding carboxylic acids is 1. The van der Waals surface area contributed by atoms with Gasteiger partial charge in [-0.25, -0.2) is 14.4 Å². The van der Waals surface area contributed by atoms with E-state index >= 15 is 0 Å². The Bertz CT molecular complexity index is 1270. The summed E-state index contributed by atoms with van der Waals surface area (Å²) < 4.78 is 20.7. The molecule has 2 fully saturated rings. The first kappa shape index (κ1) is 24.8. The third kappa shape index (κ3) is 5.51. The predicted molar refractivity (Wildman–Crippen MR) is 141 cm³/mol. The number of carbonyl (C=O) groups is 1. The van der Waals surface area contributed by atoms with E-state index in [2.05, 4.69) is 25.1 Å². The van der Waals surface area contributed by atoms with Crippen LogP contribution in [0.5, 0.6) is 5.75 Å². The van der Waals surface area contributed by atoms with E-state index in [1.54, 1.807) is 17.0 Å². The number of piperidine rings is 1. The monoisotopic (exact) mass is 518 g/mol. The predicted octanol–water partition coefficient (Wildman–Crippen LogP) is 4.10. The lowest BCUT2D eigenvalue weighted by atomic mass is 9.90. The summed E-state index contributed by atoms with van der Waals surface area (Å²) in [7, 11) is 0. The topological polar surface area (TPSA) is 87.2 Å². The average molecular weight is 519 g/mol. The van der Waals surface area contributed by atoms with Crippen LogP contribution in [0.4, 0.5) is 10.3 Å². The standard InChI is InChI=1S/C29H35FN6O2/c1-19-15-31-29(32-16-19)35-8-4-20(5-9-35)25-12-21(25)7-11-38-24-3-2-22(26(30)14-24)13-28(37)36-10-6-23-17-33-34-27(23)18-36/h2-3,14-17,20-21,25H,4-13,18H2,1H3,(H,33,34)/t21-,25-/m1/s1. The van der Waals surface area contributed by atoms with Gasteiger partial charge in [-0.15, -0.1) is 0 Å². The molecule has 3 aromatic rings. The van der Waals surface area contributed by atoms with Crippen LogP contribution in [0.15, 0.2) is 36.8 Å². The molecule has 1 saturated carbocycles. The van der Waals surface area contributed by atoms with Gasteiger partial charge in [-0.1, -0.05) is 6.07 Å². The van der Waals surface area contributed by atoms with E-state index in [-0.39, 0.29) is 18.1 Å². The molecule has 0 bridgehead atoms. The molecule has 9 heteroatoms. The minimum atomic E-state index is -0.385. The number of ether oxygens (including phenoxy) is 1. The molecule has 1 aromatic carbocycles. The number of hydrogen-bond donors (Lipinski definition) is 1. The van der Waals surface area contributed by atoms with Gasteiger partial charge in [0.2, 0.25) is 11.9 Å². The molecule has 0 unspecified atom stereocenters. The van der Waals surface area contributed by atoms with Gasteiger partial charge in [0.15, 0.2) is 0 Å². The number of nitrogens with one attached hydrogen (secondary N) is 1. The number of aromatic nitrogens is 4. The summed E-state index contributed by atoms with van der Waals surface area (Å²) in [5, 5.41) is 6.99. The number of fused-ring (bicyclic) bond motifs is 1. The Kier molecular flexibility index (Phi) is 7.00. The summed E-state index contributed by atoms with van der Waals surface area (Å²) in [6.07, 6.45) is 11.0. The van der Waals surface area contributed by atoms with E-state index in [9.17, 15) is 9.18 Å². The fourth-order valence-electron chi connectivity index (χ4n) is 6.05. The van der Waals surface area contributed by atoms with Crippen LogP contribution < -0.4 is 9.64 Å². The van der Waals surface area contributed by atoms with Crippen LogP contribution in [0.2, 0.25) is 0 Å². The maximum absolute atomic E-state index is 14.8. The number of H-pyrrole nitrogens is 1. The molecule has 8 nitrogen and oxygen atoms in total. The van der Waals surface area contributed by atoms with Crippen LogP contribution in [-0.2, 0) is 24.2 Å². The second kappa shape index (κ2) is 10.7. The zero-order valence-electron chi connectivity index (χ0n) is 21.9. The van der Waals surface area contributed by atoms with Gasteiger partial charge in [0.1, 0.15) is 11.6 Å². The molecule has 6 rings (SSSR count). The van der Waals surface area contributed by atoms with Crippen molar-refractivity contribution in [3.05, 3.63) is 65.0 Å². The van der Waals surface area contributed by atoms with E-state index in [1.807, 2.05) is 25.5 Å². The normalized spacial score (nSPS) is 21.3. The van der Waals surface area contributed by atoms with Gasteiger partial charge in [-0.3, -0.25) is 9.89 Å². The smallest absolute Gasteiger partial charge is 0.227 e. The number of nitrogens with zero attached hydrogens (tertiary/aromatic N) is 5. The van der Waals surface area contributed by atoms with Crippen molar-refractivity contribution in [2.24, 2.45) is 17.8 Å². The van der Waals surface area contributed by atoms with Crippen molar-refractivity contribution in [1.82, 2.24) is 25.1 Å². The molecule has 3 aliphatic rings. The first-order chi connectivity index (χ1) is 18.5. The molecule has 1 saturated heterocycles. The van der Waals surface area contributed by atoms with Crippen LogP contribution in [0.25, 0.3) is 0 Å². The number of aromatic amines is 1. The van der Waals surface area contributed by atoms with Crippen molar-refractivity contribution in [3.63, 3.8) is 0 Å². The molecule has 1 N–H and O–H groups in total. The average Bonchev–Trinajstić information content (AvgIpc) is 3.55. The Morgan fingerprint density at radius 2 is 1.97 bits per heavy atom. The van der Waals surface area contributed by atoms with E-state index in [1.165, 1.54) is 25.3 Å². The Labute approximate surface area is 222 Å². The SMILES string of the molecule is Cc1cnc(N2CCC([C@H]3C[C@H]3CCOc3ccc(CC(=O)N4CCc5cn[nH]c5C4)c(F)c3)CC2)nc1. The highest BCUT2D eigenvalue weighted by Crippen LogP contribution is 2.49. The van der Waals surface area contributed by atoms with Crippen LogP contribution in [-0.4, -0.2) is 57.2 Å². The maximum atomic E-state index is 14.8. The van der Waals surface area contributed by atoms with Crippen LogP contribution in [0.3, 0.4) is 0 Å². The number of amides is 1. The summed E-state index contributed by atoms with van der Waals surface area (Å²) in [5.41, 5.74) is 3.61. The number of rotatable bonds is 8. The fraction of sp³-hybridized carbons (Fsp3) is 0.517. The number of benzene rings is 1. The number of hydrogen-bond acceptors (Lipinski definition) is 6. The van der Waals surface area contributed by atoms with Crippen molar-refractivity contribution in [2.45, 2.75) is 52.0 Å². The molecule has 38 heavy (non-hydrogen) atoms. The number of aryl methyl sites for hydroxylation is 1. The van der Waals surface area contributed by atoms with Crippen molar-refractivity contribution >= 4 is 11.9 Å². The van der Waals surface area contributed by atoms with Crippen molar-refractivity contribution < 1.29 is 13.9 Å². The molecule has 200 valence electrons. The van der Waals surface area contributed by atoms with E-state index in [0.29, 0.717) is 36.9 Å². The van der Waals surface area contributed by atoms with Gasteiger partial charge in [-0.2, -0.15) is 5.10 Å². The third-order valence-electron chi connectivity index (χ3n) is 8.46. The van der Waals surface area contributed by atoms with Crippen molar-refractivity contribution in [1.29, 1.82) is 0 Å². The van der Waals surface area contributed by atoms with Gasteiger partial charge in [0, 0.05) is 38.1 Å².